The van der Waals surface area contributed by atoms with E-state index in [1.54, 1.807) is 11.3 Å². The van der Waals surface area contributed by atoms with E-state index in [0.717, 1.165) is 97.8 Å². The standard InChI is InChI=1S/C61H37N9S/c1-6-18-38(19-7-1)55-63-56(39-20-8-2-9-21-39)66-60(65-55)69-50-29-17-16-28-45(50)46-34-43(30-32-51(46)69)44-31-33-52-47(35-44)48-36-54-49(62-59(71-54)42-26-14-5-15-27-42)37-53(48)70(52)61-67-57(40-22-10-3-11-23-40)64-58(68-61)41-24-12-4-13-25-41/h1-37H. The van der Waals surface area contributed by atoms with Gasteiger partial charge in [-0.05, 0) is 53.6 Å². The average Bonchev–Trinajstić information content (AvgIpc) is 4.13. The van der Waals surface area contributed by atoms with Crippen molar-refractivity contribution in [1.82, 2.24) is 44.0 Å². The molecule has 0 unspecified atom stereocenters. The van der Waals surface area contributed by atoms with Gasteiger partial charge in [0.2, 0.25) is 11.9 Å². The number of fused-ring (bicyclic) bond motifs is 7. The second-order valence-corrected chi connectivity index (χ2v) is 18.4. The lowest BCUT2D eigenvalue weighted by Crippen LogP contribution is -2.06. The Morgan fingerprint density at radius 3 is 1.13 bits per heavy atom. The topological polar surface area (TPSA) is 100 Å². The van der Waals surface area contributed by atoms with Gasteiger partial charge in [0, 0.05) is 49.4 Å². The first-order valence-electron chi connectivity index (χ1n) is 23.4. The minimum absolute atomic E-state index is 0.529. The molecule has 9 nitrogen and oxygen atoms in total. The van der Waals surface area contributed by atoms with Gasteiger partial charge in [0.1, 0.15) is 5.01 Å². The number of hydrogen-bond acceptors (Lipinski definition) is 8. The molecule has 0 amide bonds. The molecule has 14 aromatic rings. The highest BCUT2D eigenvalue weighted by Gasteiger charge is 2.22. The normalized spacial score (nSPS) is 11.7. The van der Waals surface area contributed by atoms with Crippen molar-refractivity contribution in [3.05, 3.63) is 224 Å². The third-order valence-electron chi connectivity index (χ3n) is 13.1. The molecule has 9 aromatic carbocycles. The number of thiazole rings is 1. The van der Waals surface area contributed by atoms with Gasteiger partial charge >= 0.3 is 0 Å². The molecule has 0 aliphatic rings. The first-order valence-corrected chi connectivity index (χ1v) is 24.2. The van der Waals surface area contributed by atoms with Crippen molar-refractivity contribution in [2.45, 2.75) is 0 Å². The fourth-order valence-electron chi connectivity index (χ4n) is 9.70. The van der Waals surface area contributed by atoms with Crippen molar-refractivity contribution < 1.29 is 0 Å². The van der Waals surface area contributed by atoms with Crippen LogP contribution in [-0.4, -0.2) is 44.0 Å². The summed E-state index contributed by atoms with van der Waals surface area (Å²) in [5, 5.41) is 5.32. The highest BCUT2D eigenvalue weighted by Crippen LogP contribution is 2.41. The van der Waals surface area contributed by atoms with Gasteiger partial charge in [0.05, 0.1) is 32.3 Å². The van der Waals surface area contributed by atoms with Crippen LogP contribution < -0.4 is 0 Å². The first kappa shape index (κ1) is 40.5. The minimum Gasteiger partial charge on any atom is -0.278 e. The fourth-order valence-corrected chi connectivity index (χ4v) is 10.7. The highest BCUT2D eigenvalue weighted by molar-refractivity contribution is 7.21. The van der Waals surface area contributed by atoms with Gasteiger partial charge in [-0.3, -0.25) is 9.13 Å². The van der Waals surface area contributed by atoms with Crippen LogP contribution in [0.15, 0.2) is 224 Å². The van der Waals surface area contributed by atoms with E-state index >= 15 is 0 Å². The molecule has 0 N–H and O–H groups in total. The summed E-state index contributed by atoms with van der Waals surface area (Å²) in [6, 6.07) is 77.2. The molecule has 0 aliphatic carbocycles. The number of para-hydroxylation sites is 1. The molecule has 5 heterocycles. The van der Waals surface area contributed by atoms with Crippen LogP contribution in [0.2, 0.25) is 0 Å². The Balaban J connectivity index is 0.973. The zero-order chi connectivity index (χ0) is 46.8. The number of rotatable bonds is 8. The van der Waals surface area contributed by atoms with Gasteiger partial charge in [-0.2, -0.15) is 19.9 Å². The largest absolute Gasteiger partial charge is 0.278 e. The molecule has 0 spiro atoms. The van der Waals surface area contributed by atoms with Crippen molar-refractivity contribution in [3.63, 3.8) is 0 Å². The van der Waals surface area contributed by atoms with Crippen LogP contribution in [0.25, 0.3) is 133 Å². The third-order valence-corrected chi connectivity index (χ3v) is 14.1. The predicted octanol–water partition coefficient (Wildman–Crippen LogP) is 14.9. The molecule has 332 valence electrons. The van der Waals surface area contributed by atoms with Crippen molar-refractivity contribution in [2.24, 2.45) is 0 Å². The summed E-state index contributed by atoms with van der Waals surface area (Å²) in [5.74, 6) is 3.50. The Morgan fingerprint density at radius 1 is 0.268 bits per heavy atom. The van der Waals surface area contributed by atoms with E-state index in [2.05, 4.69) is 106 Å². The van der Waals surface area contributed by atoms with Gasteiger partial charge in [-0.15, -0.1) is 11.3 Å². The van der Waals surface area contributed by atoms with E-state index < -0.39 is 0 Å². The number of aromatic nitrogens is 9. The van der Waals surface area contributed by atoms with Crippen LogP contribution in [0, 0.1) is 0 Å². The van der Waals surface area contributed by atoms with Gasteiger partial charge in [0.25, 0.3) is 0 Å². The smallest absolute Gasteiger partial charge is 0.238 e. The highest BCUT2D eigenvalue weighted by atomic mass is 32.1. The van der Waals surface area contributed by atoms with Crippen molar-refractivity contribution >= 4 is 65.2 Å². The molecule has 0 atom stereocenters. The minimum atomic E-state index is 0.529. The first-order chi connectivity index (χ1) is 35.2. The van der Waals surface area contributed by atoms with E-state index in [0.29, 0.717) is 35.2 Å². The Kier molecular flexibility index (Phi) is 9.49. The summed E-state index contributed by atoms with van der Waals surface area (Å²) in [4.78, 5) is 36.0. The fraction of sp³-hybridized carbons (Fsp3) is 0. The van der Waals surface area contributed by atoms with Crippen molar-refractivity contribution in [1.29, 1.82) is 0 Å². The molecule has 14 rings (SSSR count). The molecule has 0 aliphatic heterocycles. The van der Waals surface area contributed by atoms with E-state index in [1.807, 2.05) is 127 Å². The van der Waals surface area contributed by atoms with Crippen LogP contribution in [-0.2, 0) is 0 Å². The number of hydrogen-bond donors (Lipinski definition) is 0. The molecule has 0 saturated heterocycles. The second kappa shape index (κ2) is 16.6. The lowest BCUT2D eigenvalue weighted by atomic mass is 10.0. The van der Waals surface area contributed by atoms with Crippen LogP contribution in [0.3, 0.4) is 0 Å². The molecule has 0 bridgehead atoms. The van der Waals surface area contributed by atoms with Crippen LogP contribution in [0.5, 0.6) is 0 Å². The van der Waals surface area contributed by atoms with Gasteiger partial charge in [-0.1, -0.05) is 182 Å². The predicted molar refractivity (Wildman–Crippen MR) is 288 cm³/mol. The quantitative estimate of drug-likeness (QED) is 0.150. The van der Waals surface area contributed by atoms with E-state index in [-0.39, 0.29) is 0 Å². The maximum absolute atomic E-state index is 5.23. The Hall–Kier alpha value is -9.51. The third kappa shape index (κ3) is 7.04. The second-order valence-electron chi connectivity index (χ2n) is 17.4. The molecule has 0 fully saturated rings. The number of nitrogens with zero attached hydrogens (tertiary/aromatic N) is 9. The summed E-state index contributed by atoms with van der Waals surface area (Å²) in [6.45, 7) is 0. The molecule has 0 radical (unpaired) electrons. The maximum Gasteiger partial charge on any atom is 0.238 e. The summed E-state index contributed by atoms with van der Waals surface area (Å²) < 4.78 is 5.44. The van der Waals surface area contributed by atoms with Crippen molar-refractivity contribution in [2.75, 3.05) is 0 Å². The van der Waals surface area contributed by atoms with E-state index in [9.17, 15) is 0 Å². The Labute approximate surface area is 410 Å². The summed E-state index contributed by atoms with van der Waals surface area (Å²) in [6.07, 6.45) is 0. The maximum atomic E-state index is 5.23. The molecule has 71 heavy (non-hydrogen) atoms. The molecule has 0 saturated carbocycles. The lowest BCUT2D eigenvalue weighted by Gasteiger charge is -2.11. The zero-order valence-corrected chi connectivity index (χ0v) is 38.6. The monoisotopic (exact) mass is 927 g/mol. The van der Waals surface area contributed by atoms with Crippen LogP contribution in [0.4, 0.5) is 0 Å². The van der Waals surface area contributed by atoms with Crippen molar-refractivity contribution in [3.8, 4) is 79.1 Å². The van der Waals surface area contributed by atoms with E-state index in [4.69, 9.17) is 34.9 Å². The Morgan fingerprint density at radius 2 is 0.648 bits per heavy atom. The van der Waals surface area contributed by atoms with Crippen LogP contribution in [0.1, 0.15) is 0 Å². The summed E-state index contributed by atoms with van der Waals surface area (Å²) in [5.41, 5.74) is 11.8. The molecule has 10 heteroatoms. The zero-order valence-electron chi connectivity index (χ0n) is 37.8. The average molecular weight is 928 g/mol. The SMILES string of the molecule is c1ccc(-c2nc(-c3ccccc3)nc(-n3c4ccccc4c4cc(-c5ccc6c(c5)c5cc7sc(-c8ccccc8)nc7cc5n6-c5nc(-c6ccccc6)nc(-c6ccccc6)n5)ccc43)n2)cc1. The molecular weight excluding hydrogens is 891 g/mol. The summed E-state index contributed by atoms with van der Waals surface area (Å²) >= 11 is 1.70. The molecule has 5 aromatic heterocycles. The lowest BCUT2D eigenvalue weighted by molar-refractivity contribution is 0.953. The van der Waals surface area contributed by atoms with Crippen LogP contribution >= 0.6 is 11.3 Å². The summed E-state index contributed by atoms with van der Waals surface area (Å²) in [7, 11) is 0. The van der Waals surface area contributed by atoms with Gasteiger partial charge in [-0.25, -0.2) is 15.0 Å². The number of benzene rings is 9. The Bertz CT molecular complexity index is 4210. The van der Waals surface area contributed by atoms with E-state index in [1.165, 1.54) is 0 Å². The molecular formula is C61H37N9S. The van der Waals surface area contributed by atoms with Gasteiger partial charge in [0.15, 0.2) is 23.3 Å². The van der Waals surface area contributed by atoms with Gasteiger partial charge < -0.3 is 0 Å².